The minimum atomic E-state index is -0.260. The summed E-state index contributed by atoms with van der Waals surface area (Å²) in [4.78, 5) is 0. The molecule has 0 aliphatic carbocycles. The fourth-order valence-corrected chi connectivity index (χ4v) is 2.83. The number of benzene rings is 2. The van der Waals surface area contributed by atoms with E-state index in [4.69, 9.17) is 4.74 Å². The molecule has 4 heteroatoms. The number of ether oxygens (including phenoxy) is 1. The fourth-order valence-electron chi connectivity index (χ4n) is 2.58. The summed E-state index contributed by atoms with van der Waals surface area (Å²) in [5, 5.41) is 3.24. The van der Waals surface area contributed by atoms with E-state index in [9.17, 15) is 4.39 Å². The number of nitrogens with one attached hydrogen (secondary N) is 1. The molecule has 0 spiro atoms. The average molecular weight is 350 g/mol. The van der Waals surface area contributed by atoms with Crippen molar-refractivity contribution in [2.45, 2.75) is 32.4 Å². The highest BCUT2D eigenvalue weighted by atomic mass is 79.9. The Morgan fingerprint density at radius 2 is 2.05 bits per heavy atom. The van der Waals surface area contributed by atoms with Gasteiger partial charge in [-0.25, -0.2) is 4.39 Å². The maximum atomic E-state index is 13.5. The van der Waals surface area contributed by atoms with Crippen molar-refractivity contribution in [3.63, 3.8) is 0 Å². The molecule has 0 saturated heterocycles. The van der Waals surface area contributed by atoms with Gasteiger partial charge in [0.1, 0.15) is 17.2 Å². The van der Waals surface area contributed by atoms with Crippen LogP contribution >= 0.6 is 15.9 Å². The molecule has 2 nitrogen and oxygen atoms in total. The Kier molecular flexibility index (Phi) is 3.66. The van der Waals surface area contributed by atoms with E-state index in [-0.39, 0.29) is 11.4 Å². The van der Waals surface area contributed by atoms with Crippen molar-refractivity contribution in [2.24, 2.45) is 0 Å². The van der Waals surface area contributed by atoms with Crippen molar-refractivity contribution >= 4 is 21.6 Å². The van der Waals surface area contributed by atoms with Crippen molar-refractivity contribution in [1.82, 2.24) is 0 Å². The van der Waals surface area contributed by atoms with Crippen LogP contribution in [0.2, 0.25) is 0 Å². The number of anilines is 1. The smallest absolute Gasteiger partial charge is 0.139 e. The maximum absolute atomic E-state index is 13.5. The van der Waals surface area contributed by atoms with Crippen LogP contribution in [0.5, 0.6) is 5.75 Å². The van der Waals surface area contributed by atoms with Crippen LogP contribution in [0.25, 0.3) is 0 Å². The third-order valence-electron chi connectivity index (χ3n) is 3.54. The van der Waals surface area contributed by atoms with Crippen molar-refractivity contribution in [3.8, 4) is 5.75 Å². The first-order chi connectivity index (χ1) is 9.93. The lowest BCUT2D eigenvalue weighted by Gasteiger charge is -2.16. The van der Waals surface area contributed by atoms with Gasteiger partial charge in [0.25, 0.3) is 0 Å². The molecule has 0 unspecified atom stereocenters. The number of hydrogen-bond donors (Lipinski definition) is 1. The molecule has 1 aliphatic rings. The lowest BCUT2D eigenvalue weighted by atomic mass is 10.0. The Bertz CT molecular complexity index is 684. The Morgan fingerprint density at radius 3 is 2.81 bits per heavy atom. The lowest BCUT2D eigenvalue weighted by molar-refractivity contribution is 0.138. The third kappa shape index (κ3) is 3.21. The second-order valence-electron chi connectivity index (χ2n) is 5.96. The molecule has 3 rings (SSSR count). The van der Waals surface area contributed by atoms with E-state index in [1.165, 1.54) is 17.2 Å². The first kappa shape index (κ1) is 14.4. The molecule has 0 bridgehead atoms. The molecule has 0 radical (unpaired) electrons. The summed E-state index contributed by atoms with van der Waals surface area (Å²) >= 11 is 3.15. The Balaban J connectivity index is 1.71. The van der Waals surface area contributed by atoms with Gasteiger partial charge in [-0.15, -0.1) is 0 Å². The molecule has 2 aromatic carbocycles. The average Bonchev–Trinajstić information content (AvgIpc) is 2.73. The summed E-state index contributed by atoms with van der Waals surface area (Å²) in [6.07, 6.45) is 0.920. The van der Waals surface area contributed by atoms with Gasteiger partial charge in [0.05, 0.1) is 4.47 Å². The van der Waals surface area contributed by atoms with Crippen molar-refractivity contribution in [3.05, 3.63) is 57.8 Å². The Hall–Kier alpha value is -1.55. The molecule has 0 atom stereocenters. The summed E-state index contributed by atoms with van der Waals surface area (Å²) in [7, 11) is 0. The summed E-state index contributed by atoms with van der Waals surface area (Å²) < 4.78 is 19.8. The zero-order chi connectivity index (χ0) is 15.0. The summed E-state index contributed by atoms with van der Waals surface area (Å²) in [5.74, 6) is 0.711. The Labute approximate surface area is 132 Å². The number of rotatable bonds is 3. The Morgan fingerprint density at radius 1 is 1.24 bits per heavy atom. The third-order valence-corrected chi connectivity index (χ3v) is 4.19. The van der Waals surface area contributed by atoms with Crippen molar-refractivity contribution in [1.29, 1.82) is 0 Å². The standard InChI is InChI=1S/C17H17BrFNO/c1-17(2)9-12-7-11(3-6-16(12)21-17)10-20-13-4-5-14(18)15(19)8-13/h3-8,20H,9-10H2,1-2H3. The first-order valence-electron chi connectivity index (χ1n) is 6.93. The first-order valence-corrected chi connectivity index (χ1v) is 7.72. The summed E-state index contributed by atoms with van der Waals surface area (Å²) in [6.45, 7) is 4.85. The summed E-state index contributed by atoms with van der Waals surface area (Å²) in [6, 6.07) is 11.3. The van der Waals surface area contributed by atoms with E-state index in [0.717, 1.165) is 17.9 Å². The summed E-state index contributed by atoms with van der Waals surface area (Å²) in [5.41, 5.74) is 3.05. The van der Waals surface area contributed by atoms with Crippen LogP contribution < -0.4 is 10.1 Å². The van der Waals surface area contributed by atoms with E-state index >= 15 is 0 Å². The van der Waals surface area contributed by atoms with Crippen LogP contribution in [0.4, 0.5) is 10.1 Å². The van der Waals surface area contributed by atoms with Crippen LogP contribution in [-0.2, 0) is 13.0 Å². The number of hydrogen-bond acceptors (Lipinski definition) is 2. The van der Waals surface area contributed by atoms with Crippen LogP contribution in [0.15, 0.2) is 40.9 Å². The molecular weight excluding hydrogens is 333 g/mol. The predicted octanol–water partition coefficient (Wildman–Crippen LogP) is 4.91. The van der Waals surface area contributed by atoms with Gasteiger partial charge < -0.3 is 10.1 Å². The SMILES string of the molecule is CC1(C)Cc2cc(CNc3ccc(Br)c(F)c3)ccc2O1. The second kappa shape index (κ2) is 5.34. The highest BCUT2D eigenvalue weighted by Crippen LogP contribution is 2.35. The van der Waals surface area contributed by atoms with Crippen LogP contribution in [0.3, 0.4) is 0 Å². The molecule has 110 valence electrons. The van der Waals surface area contributed by atoms with E-state index in [0.29, 0.717) is 11.0 Å². The van der Waals surface area contributed by atoms with E-state index < -0.39 is 0 Å². The molecule has 0 aromatic heterocycles. The molecule has 0 amide bonds. The van der Waals surface area contributed by atoms with Crippen molar-refractivity contribution < 1.29 is 9.13 Å². The molecule has 0 fully saturated rings. The van der Waals surface area contributed by atoms with Crippen LogP contribution in [0, 0.1) is 5.82 Å². The van der Waals surface area contributed by atoms with Crippen LogP contribution in [-0.4, -0.2) is 5.60 Å². The normalized spacial score (nSPS) is 15.4. The van der Waals surface area contributed by atoms with Gasteiger partial charge in [-0.05, 0) is 65.2 Å². The van der Waals surface area contributed by atoms with Gasteiger partial charge >= 0.3 is 0 Å². The lowest BCUT2D eigenvalue weighted by Crippen LogP contribution is -2.24. The number of halogens is 2. The molecule has 1 N–H and O–H groups in total. The van der Waals surface area contributed by atoms with E-state index in [2.05, 4.69) is 41.2 Å². The number of fused-ring (bicyclic) bond motifs is 1. The molecule has 0 saturated carbocycles. The highest BCUT2D eigenvalue weighted by molar-refractivity contribution is 9.10. The molecule has 2 aromatic rings. The van der Waals surface area contributed by atoms with Gasteiger partial charge in [-0.1, -0.05) is 12.1 Å². The van der Waals surface area contributed by atoms with Gasteiger partial charge in [0.15, 0.2) is 0 Å². The topological polar surface area (TPSA) is 21.3 Å². The van der Waals surface area contributed by atoms with Gasteiger partial charge in [0, 0.05) is 18.7 Å². The van der Waals surface area contributed by atoms with E-state index in [1.807, 2.05) is 18.2 Å². The molecule has 21 heavy (non-hydrogen) atoms. The fraction of sp³-hybridized carbons (Fsp3) is 0.294. The zero-order valence-electron chi connectivity index (χ0n) is 12.0. The largest absolute Gasteiger partial charge is 0.487 e. The minimum Gasteiger partial charge on any atom is -0.487 e. The molecular formula is C17H17BrFNO. The van der Waals surface area contributed by atoms with Crippen LogP contribution in [0.1, 0.15) is 25.0 Å². The molecule has 1 heterocycles. The monoisotopic (exact) mass is 349 g/mol. The maximum Gasteiger partial charge on any atom is 0.139 e. The second-order valence-corrected chi connectivity index (χ2v) is 6.82. The quantitative estimate of drug-likeness (QED) is 0.849. The van der Waals surface area contributed by atoms with Gasteiger partial charge in [-0.3, -0.25) is 0 Å². The zero-order valence-corrected chi connectivity index (χ0v) is 13.6. The van der Waals surface area contributed by atoms with Crippen molar-refractivity contribution in [2.75, 3.05) is 5.32 Å². The highest BCUT2D eigenvalue weighted by Gasteiger charge is 2.29. The predicted molar refractivity (Wildman–Crippen MR) is 86.3 cm³/mol. The molecule has 1 aliphatic heterocycles. The van der Waals surface area contributed by atoms with Gasteiger partial charge in [0.2, 0.25) is 0 Å². The van der Waals surface area contributed by atoms with E-state index in [1.54, 1.807) is 6.07 Å². The van der Waals surface area contributed by atoms with Gasteiger partial charge in [-0.2, -0.15) is 0 Å². The minimum absolute atomic E-state index is 0.122.